The number of H-pyrrole nitrogens is 1. The lowest BCUT2D eigenvalue weighted by Crippen LogP contribution is -2.46. The van der Waals surface area contributed by atoms with Crippen molar-refractivity contribution in [2.24, 2.45) is 0 Å². The fraction of sp³-hybridized carbons (Fsp3) is 0.400. The van der Waals surface area contributed by atoms with Crippen LogP contribution in [0.2, 0.25) is 0 Å². The zero-order valence-electron chi connectivity index (χ0n) is 15.9. The quantitative estimate of drug-likeness (QED) is 0.690. The van der Waals surface area contributed by atoms with Gasteiger partial charge in [0.15, 0.2) is 6.07 Å². The summed E-state index contributed by atoms with van der Waals surface area (Å²) in [5.74, 6) is -0.00994. The van der Waals surface area contributed by atoms with Gasteiger partial charge in [-0.25, -0.2) is 0 Å². The van der Waals surface area contributed by atoms with Crippen LogP contribution in [-0.4, -0.2) is 52.8 Å². The summed E-state index contributed by atoms with van der Waals surface area (Å²) in [4.78, 5) is 19.8. The third kappa shape index (κ3) is 3.32. The normalized spacial score (nSPS) is 17.0. The van der Waals surface area contributed by atoms with Crippen molar-refractivity contribution in [2.45, 2.75) is 19.4 Å². The standard InChI is InChI=1S/C20H21N7O2/c21-11-17-24-25-20(29-17)27-8-6-26(7-9-27)12-13-3-4-14-16(10-13)23-19(28)15-2-1-5-22-18(14)15/h3-4,10,22H,1-2,5-9,12H2,(H,23,28). The molecule has 0 aliphatic carbocycles. The third-order valence-corrected chi connectivity index (χ3v) is 5.64. The maximum atomic E-state index is 12.4. The molecule has 2 aliphatic rings. The van der Waals surface area contributed by atoms with Crippen molar-refractivity contribution in [3.8, 4) is 6.07 Å². The number of nitrogens with zero attached hydrogens (tertiary/aromatic N) is 5. The molecule has 1 saturated heterocycles. The van der Waals surface area contributed by atoms with Crippen molar-refractivity contribution in [3.05, 3.63) is 45.6 Å². The molecule has 1 aromatic carbocycles. The largest absolute Gasteiger partial charge is 0.395 e. The van der Waals surface area contributed by atoms with E-state index in [2.05, 4.69) is 43.6 Å². The minimum absolute atomic E-state index is 0.00994. The first-order valence-corrected chi connectivity index (χ1v) is 9.84. The van der Waals surface area contributed by atoms with Crippen LogP contribution >= 0.6 is 0 Å². The van der Waals surface area contributed by atoms with Crippen molar-refractivity contribution in [1.82, 2.24) is 20.1 Å². The molecule has 0 atom stereocenters. The molecule has 9 heteroatoms. The predicted octanol–water partition coefficient (Wildman–Crippen LogP) is 1.46. The SMILES string of the molecule is N#Cc1nnc(N2CCN(Cc3ccc4c5c(c(=O)[nH]c4c3)CCCN5)CC2)o1. The number of pyridine rings is 1. The summed E-state index contributed by atoms with van der Waals surface area (Å²) in [7, 11) is 0. The van der Waals surface area contributed by atoms with E-state index >= 15 is 0 Å². The number of nitriles is 1. The molecule has 4 heterocycles. The first kappa shape index (κ1) is 17.7. The van der Waals surface area contributed by atoms with E-state index < -0.39 is 0 Å². The van der Waals surface area contributed by atoms with Gasteiger partial charge in [0.2, 0.25) is 0 Å². The summed E-state index contributed by atoms with van der Waals surface area (Å²) in [6, 6.07) is 8.59. The second-order valence-electron chi connectivity index (χ2n) is 7.48. The van der Waals surface area contributed by atoms with Gasteiger partial charge in [0, 0.05) is 50.2 Å². The van der Waals surface area contributed by atoms with Gasteiger partial charge in [-0.3, -0.25) is 9.69 Å². The van der Waals surface area contributed by atoms with E-state index in [-0.39, 0.29) is 11.4 Å². The molecule has 148 valence electrons. The Balaban J connectivity index is 1.30. The summed E-state index contributed by atoms with van der Waals surface area (Å²) in [6.07, 6.45) is 1.82. The average Bonchev–Trinajstić information content (AvgIpc) is 3.24. The Morgan fingerprint density at radius 3 is 2.86 bits per heavy atom. The topological polar surface area (TPSA) is 114 Å². The second-order valence-corrected chi connectivity index (χ2v) is 7.48. The summed E-state index contributed by atoms with van der Waals surface area (Å²) in [5.41, 5.74) is 3.93. The molecule has 0 bridgehead atoms. The monoisotopic (exact) mass is 391 g/mol. The minimum atomic E-state index is -0.00994. The summed E-state index contributed by atoms with van der Waals surface area (Å²) < 4.78 is 5.32. The molecule has 2 N–H and O–H groups in total. The van der Waals surface area contributed by atoms with Crippen LogP contribution in [0.4, 0.5) is 11.7 Å². The van der Waals surface area contributed by atoms with Crippen LogP contribution < -0.4 is 15.8 Å². The lowest BCUT2D eigenvalue weighted by molar-refractivity contribution is 0.245. The van der Waals surface area contributed by atoms with Crippen LogP contribution in [0.5, 0.6) is 0 Å². The van der Waals surface area contributed by atoms with E-state index in [0.29, 0.717) is 6.01 Å². The molecule has 29 heavy (non-hydrogen) atoms. The first-order chi connectivity index (χ1) is 14.2. The Kier molecular flexibility index (Phi) is 4.41. The smallest absolute Gasteiger partial charge is 0.322 e. The number of fused-ring (bicyclic) bond motifs is 3. The maximum absolute atomic E-state index is 12.4. The van der Waals surface area contributed by atoms with Gasteiger partial charge in [-0.2, -0.15) is 5.26 Å². The number of piperazine rings is 1. The number of hydrogen-bond acceptors (Lipinski definition) is 8. The Hall–Kier alpha value is -3.38. The Bertz CT molecular complexity index is 1150. The van der Waals surface area contributed by atoms with Crippen LogP contribution in [0.1, 0.15) is 23.4 Å². The number of anilines is 2. The van der Waals surface area contributed by atoms with E-state index in [0.717, 1.165) is 74.3 Å². The van der Waals surface area contributed by atoms with Gasteiger partial charge in [-0.15, -0.1) is 0 Å². The van der Waals surface area contributed by atoms with E-state index in [1.54, 1.807) is 0 Å². The molecule has 0 spiro atoms. The van der Waals surface area contributed by atoms with Gasteiger partial charge in [-0.1, -0.05) is 22.3 Å². The molecule has 1 fully saturated rings. The fourth-order valence-corrected chi connectivity index (χ4v) is 4.15. The van der Waals surface area contributed by atoms with Crippen molar-refractivity contribution in [2.75, 3.05) is 42.9 Å². The molecule has 3 aromatic rings. The molecule has 0 saturated carbocycles. The predicted molar refractivity (Wildman–Crippen MR) is 108 cm³/mol. The average molecular weight is 391 g/mol. The second kappa shape index (κ2) is 7.22. The molecule has 2 aliphatic heterocycles. The third-order valence-electron chi connectivity index (χ3n) is 5.64. The highest BCUT2D eigenvalue weighted by Crippen LogP contribution is 2.28. The van der Waals surface area contributed by atoms with E-state index in [1.807, 2.05) is 11.0 Å². The van der Waals surface area contributed by atoms with Crippen LogP contribution in [0.25, 0.3) is 10.9 Å². The Morgan fingerprint density at radius 1 is 1.21 bits per heavy atom. The lowest BCUT2D eigenvalue weighted by Gasteiger charge is -2.33. The van der Waals surface area contributed by atoms with Crippen molar-refractivity contribution in [1.29, 1.82) is 5.26 Å². The highest BCUT2D eigenvalue weighted by molar-refractivity contribution is 5.93. The van der Waals surface area contributed by atoms with Gasteiger partial charge >= 0.3 is 11.9 Å². The zero-order valence-corrected chi connectivity index (χ0v) is 15.9. The minimum Gasteiger partial charge on any atom is -0.395 e. The highest BCUT2D eigenvalue weighted by atomic mass is 16.4. The molecule has 9 nitrogen and oxygen atoms in total. The summed E-state index contributed by atoms with van der Waals surface area (Å²) in [6.45, 7) is 4.94. The number of hydrogen-bond donors (Lipinski definition) is 2. The number of rotatable bonds is 3. The molecule has 0 amide bonds. The van der Waals surface area contributed by atoms with Gasteiger partial charge in [0.05, 0.1) is 11.2 Å². The molecule has 5 rings (SSSR count). The summed E-state index contributed by atoms with van der Waals surface area (Å²) >= 11 is 0. The number of benzene rings is 1. The van der Waals surface area contributed by atoms with Crippen LogP contribution in [0, 0.1) is 11.3 Å². The highest BCUT2D eigenvalue weighted by Gasteiger charge is 2.22. The van der Waals surface area contributed by atoms with Gasteiger partial charge in [-0.05, 0) is 24.5 Å². The maximum Gasteiger partial charge on any atom is 0.322 e. The van der Waals surface area contributed by atoms with Crippen molar-refractivity contribution in [3.63, 3.8) is 0 Å². The lowest BCUT2D eigenvalue weighted by atomic mass is 10.0. The van der Waals surface area contributed by atoms with Gasteiger partial charge < -0.3 is 19.6 Å². The number of nitrogens with one attached hydrogen (secondary N) is 2. The molecular formula is C20H21N7O2. The van der Waals surface area contributed by atoms with Crippen molar-refractivity contribution >= 4 is 22.6 Å². The van der Waals surface area contributed by atoms with E-state index in [1.165, 1.54) is 5.56 Å². The first-order valence-electron chi connectivity index (χ1n) is 9.84. The van der Waals surface area contributed by atoms with Crippen LogP contribution in [0.3, 0.4) is 0 Å². The number of aromatic amines is 1. The van der Waals surface area contributed by atoms with E-state index in [4.69, 9.17) is 9.68 Å². The van der Waals surface area contributed by atoms with Crippen LogP contribution in [0.15, 0.2) is 27.4 Å². The van der Waals surface area contributed by atoms with Gasteiger partial charge in [0.25, 0.3) is 5.56 Å². The summed E-state index contributed by atoms with van der Waals surface area (Å²) in [5, 5.41) is 20.9. The van der Waals surface area contributed by atoms with Gasteiger partial charge in [0.1, 0.15) is 0 Å². The molecule has 0 unspecified atom stereocenters. The fourth-order valence-electron chi connectivity index (χ4n) is 4.15. The Labute approximate surface area is 166 Å². The molecular weight excluding hydrogens is 370 g/mol. The van der Waals surface area contributed by atoms with Crippen LogP contribution in [-0.2, 0) is 13.0 Å². The molecule has 0 radical (unpaired) electrons. The number of aromatic nitrogens is 3. The zero-order chi connectivity index (χ0) is 19.8. The van der Waals surface area contributed by atoms with E-state index in [9.17, 15) is 4.79 Å². The molecule has 2 aromatic heterocycles. The van der Waals surface area contributed by atoms with Crippen molar-refractivity contribution < 1.29 is 4.42 Å². The Morgan fingerprint density at radius 2 is 2.07 bits per heavy atom.